The van der Waals surface area contributed by atoms with Crippen LogP contribution in [0.4, 0.5) is 15.8 Å². The maximum atomic E-state index is 13.8. The number of carbonyl (C=O) groups is 3. The number of amides is 2. The van der Waals surface area contributed by atoms with Gasteiger partial charge in [-0.15, -0.1) is 0 Å². The number of carboxylic acids is 1. The van der Waals surface area contributed by atoms with Gasteiger partial charge in [0.2, 0.25) is 0 Å². The van der Waals surface area contributed by atoms with Gasteiger partial charge in [0.05, 0.1) is 28.8 Å². The van der Waals surface area contributed by atoms with Crippen LogP contribution in [0, 0.1) is 28.5 Å². The van der Waals surface area contributed by atoms with Crippen molar-refractivity contribution in [2.45, 2.75) is 19.3 Å². The van der Waals surface area contributed by atoms with Crippen LogP contribution in [-0.2, 0) is 19.3 Å². The third kappa shape index (κ3) is 8.69. The van der Waals surface area contributed by atoms with Crippen LogP contribution in [0.15, 0.2) is 133 Å². The van der Waals surface area contributed by atoms with Crippen LogP contribution in [0.1, 0.15) is 75.6 Å². The number of rotatable bonds is 11. The molecule has 6 aromatic carbocycles. The van der Waals surface area contributed by atoms with Gasteiger partial charge in [0.1, 0.15) is 5.82 Å². The summed E-state index contributed by atoms with van der Waals surface area (Å²) in [7, 11) is 0. The molecule has 258 valence electrons. The number of benzene rings is 6. The Kier molecular flexibility index (Phi) is 10.8. The first-order valence-corrected chi connectivity index (χ1v) is 16.6. The van der Waals surface area contributed by atoms with E-state index in [1.165, 1.54) is 30.3 Å². The Morgan fingerprint density at radius 3 is 1.64 bits per heavy atom. The molecule has 6 aromatic rings. The van der Waals surface area contributed by atoms with E-state index in [9.17, 15) is 34.4 Å². The lowest BCUT2D eigenvalue weighted by molar-refractivity contribution is 0.0696. The third-order valence-corrected chi connectivity index (χ3v) is 8.76. The Balaban J connectivity index is 1.28. The Labute approximate surface area is 305 Å². The normalized spacial score (nSPS) is 10.5. The maximum absolute atomic E-state index is 13.8. The summed E-state index contributed by atoms with van der Waals surface area (Å²) in [6, 6.07) is 40.9. The highest BCUT2D eigenvalue weighted by Crippen LogP contribution is 2.27. The summed E-state index contributed by atoms with van der Waals surface area (Å²) >= 11 is 0. The van der Waals surface area contributed by atoms with Crippen LogP contribution in [0.25, 0.3) is 0 Å². The van der Waals surface area contributed by atoms with Gasteiger partial charge >= 0.3 is 5.97 Å². The molecular weight excluding hydrogens is 668 g/mol. The highest BCUT2D eigenvalue weighted by molar-refractivity contribution is 6.07. The number of aromatic carboxylic acids is 1. The minimum absolute atomic E-state index is 0.0339. The van der Waals surface area contributed by atoms with Crippen LogP contribution in [0.2, 0.25) is 0 Å². The van der Waals surface area contributed by atoms with Crippen molar-refractivity contribution in [3.05, 3.63) is 200 Å². The van der Waals surface area contributed by atoms with Gasteiger partial charge in [-0.1, -0.05) is 60.7 Å². The summed E-state index contributed by atoms with van der Waals surface area (Å²) in [5.74, 6) is -2.38. The van der Waals surface area contributed by atoms with E-state index in [1.54, 1.807) is 84.9 Å². The second kappa shape index (κ2) is 16.1. The third-order valence-electron chi connectivity index (χ3n) is 8.76. The van der Waals surface area contributed by atoms with E-state index in [0.29, 0.717) is 51.2 Å². The average molecular weight is 699 g/mol. The lowest BCUT2D eigenvalue weighted by atomic mass is 9.97. The number of hydrogen-bond donors (Lipinski definition) is 3. The fourth-order valence-electron chi connectivity index (χ4n) is 6.02. The topological polar surface area (TPSA) is 143 Å². The number of nitrogens with one attached hydrogen (secondary N) is 2. The number of carbonyl (C=O) groups excluding carboxylic acids is 2. The maximum Gasteiger partial charge on any atom is 0.335 e. The largest absolute Gasteiger partial charge is 0.478 e. The van der Waals surface area contributed by atoms with Crippen molar-refractivity contribution >= 4 is 29.2 Å². The number of halogens is 1. The van der Waals surface area contributed by atoms with Gasteiger partial charge in [0.15, 0.2) is 0 Å². The molecule has 0 bridgehead atoms. The van der Waals surface area contributed by atoms with E-state index in [2.05, 4.69) is 22.8 Å². The molecule has 0 radical (unpaired) electrons. The molecule has 0 saturated carbocycles. The van der Waals surface area contributed by atoms with E-state index in [1.807, 2.05) is 18.2 Å². The monoisotopic (exact) mass is 698 g/mol. The van der Waals surface area contributed by atoms with Gasteiger partial charge in [-0.2, -0.15) is 10.5 Å². The number of anilines is 2. The predicted molar refractivity (Wildman–Crippen MR) is 199 cm³/mol. The fraction of sp³-hybridized carbons (Fsp3) is 0.0682. The van der Waals surface area contributed by atoms with Crippen molar-refractivity contribution in [2.24, 2.45) is 0 Å². The van der Waals surface area contributed by atoms with Gasteiger partial charge in [0, 0.05) is 28.9 Å². The van der Waals surface area contributed by atoms with Gasteiger partial charge in [0.25, 0.3) is 11.8 Å². The van der Waals surface area contributed by atoms with Crippen molar-refractivity contribution in [3.63, 3.8) is 0 Å². The molecular formula is C44H31FN4O4. The van der Waals surface area contributed by atoms with E-state index in [4.69, 9.17) is 0 Å². The summed E-state index contributed by atoms with van der Waals surface area (Å²) in [5.41, 5.74) is 6.77. The molecule has 0 fully saturated rings. The molecule has 0 aromatic heterocycles. The van der Waals surface area contributed by atoms with Crippen LogP contribution >= 0.6 is 0 Å². The molecule has 9 heteroatoms. The Bertz CT molecular complexity index is 2440. The number of nitriles is 2. The first kappa shape index (κ1) is 35.5. The second-order valence-electron chi connectivity index (χ2n) is 12.4. The summed E-state index contributed by atoms with van der Waals surface area (Å²) in [5, 5.41) is 34.6. The first-order chi connectivity index (χ1) is 25.7. The molecule has 8 nitrogen and oxygen atoms in total. The summed E-state index contributed by atoms with van der Waals surface area (Å²) in [4.78, 5) is 39.2. The van der Waals surface area contributed by atoms with Crippen LogP contribution in [0.3, 0.4) is 0 Å². The highest BCUT2D eigenvalue weighted by atomic mass is 19.1. The lowest BCUT2D eigenvalue weighted by Gasteiger charge is -2.16. The molecule has 0 aliphatic heterocycles. The van der Waals surface area contributed by atoms with Crippen molar-refractivity contribution in [1.82, 2.24) is 0 Å². The van der Waals surface area contributed by atoms with Crippen LogP contribution < -0.4 is 10.6 Å². The molecule has 2 amide bonds. The van der Waals surface area contributed by atoms with Gasteiger partial charge in [-0.05, 0) is 119 Å². The van der Waals surface area contributed by atoms with Crippen molar-refractivity contribution in [1.29, 1.82) is 10.5 Å². The molecule has 0 atom stereocenters. The fourth-order valence-corrected chi connectivity index (χ4v) is 6.02. The molecule has 0 unspecified atom stereocenters. The lowest BCUT2D eigenvalue weighted by Crippen LogP contribution is -2.17. The number of nitrogens with zero attached hydrogens (tertiary/aromatic N) is 2. The minimum atomic E-state index is -1.13. The molecule has 0 aliphatic carbocycles. The number of hydrogen-bond acceptors (Lipinski definition) is 5. The van der Waals surface area contributed by atoms with Crippen molar-refractivity contribution < 1.29 is 23.9 Å². The van der Waals surface area contributed by atoms with Crippen LogP contribution in [0.5, 0.6) is 0 Å². The van der Waals surface area contributed by atoms with Gasteiger partial charge < -0.3 is 15.7 Å². The molecule has 53 heavy (non-hydrogen) atoms. The standard InChI is InChI=1S/C44H31FN4O4/c45-39-16-12-28(13-17-39)20-37-24-33(43(51)49-41-19-15-34(44(52)53)25-38(41)23-31-8-2-4-10-36(31)27-47)14-18-40(37)48-42(50)32-11-5-6-29(22-32)21-30-7-1-3-9-35(30)26-46/h1-19,22,24-25H,20-21,23H2,(H,48,50)(H,49,51)(H,52,53). The summed E-state index contributed by atoms with van der Waals surface area (Å²) in [6.45, 7) is 0. The smallest absolute Gasteiger partial charge is 0.335 e. The zero-order chi connectivity index (χ0) is 37.3. The van der Waals surface area contributed by atoms with E-state index in [-0.39, 0.29) is 29.9 Å². The van der Waals surface area contributed by atoms with Crippen molar-refractivity contribution in [2.75, 3.05) is 10.6 Å². The van der Waals surface area contributed by atoms with E-state index in [0.717, 1.165) is 16.7 Å². The second-order valence-corrected chi connectivity index (χ2v) is 12.4. The predicted octanol–water partition coefficient (Wildman–Crippen LogP) is 8.54. The first-order valence-electron chi connectivity index (χ1n) is 16.6. The summed E-state index contributed by atoms with van der Waals surface area (Å²) < 4.78 is 13.8. The molecule has 6 rings (SSSR count). The molecule has 0 aliphatic rings. The molecule has 0 spiro atoms. The number of carboxylic acid groups (broad SMARTS) is 1. The molecule has 0 saturated heterocycles. The SMILES string of the molecule is N#Cc1ccccc1Cc1cccc(C(=O)Nc2ccc(C(=O)Nc3ccc(C(=O)O)cc3Cc3ccccc3C#N)cc2Cc2ccc(F)cc2)c1. The van der Waals surface area contributed by atoms with Crippen molar-refractivity contribution in [3.8, 4) is 12.1 Å². The summed E-state index contributed by atoms with van der Waals surface area (Å²) in [6.07, 6.45) is 0.939. The zero-order valence-electron chi connectivity index (χ0n) is 28.3. The zero-order valence-corrected chi connectivity index (χ0v) is 28.3. The average Bonchev–Trinajstić information content (AvgIpc) is 3.17. The highest BCUT2D eigenvalue weighted by Gasteiger charge is 2.17. The van der Waals surface area contributed by atoms with Gasteiger partial charge in [-0.3, -0.25) is 9.59 Å². The van der Waals surface area contributed by atoms with E-state index < -0.39 is 17.7 Å². The Hall–Kier alpha value is -7.36. The molecule has 3 N–H and O–H groups in total. The molecule has 0 heterocycles. The Morgan fingerprint density at radius 2 is 1.04 bits per heavy atom. The Morgan fingerprint density at radius 1 is 0.528 bits per heavy atom. The van der Waals surface area contributed by atoms with Gasteiger partial charge in [-0.25, -0.2) is 9.18 Å². The quantitative estimate of drug-likeness (QED) is 0.124. The minimum Gasteiger partial charge on any atom is -0.478 e. The van der Waals surface area contributed by atoms with E-state index >= 15 is 0 Å². The van der Waals surface area contributed by atoms with Crippen LogP contribution in [-0.4, -0.2) is 22.9 Å².